The van der Waals surface area contributed by atoms with E-state index in [1.54, 1.807) is 6.92 Å². The van der Waals surface area contributed by atoms with Crippen LogP contribution in [0.4, 0.5) is 8.78 Å². The average molecular weight is 258 g/mol. The fourth-order valence-electron chi connectivity index (χ4n) is 2.10. The van der Waals surface area contributed by atoms with Crippen molar-refractivity contribution < 1.29 is 13.5 Å². The molecule has 0 saturated carbocycles. The second kappa shape index (κ2) is 6.22. The molecule has 1 rings (SSSR count). The zero-order chi connectivity index (χ0) is 13.9. The van der Waals surface area contributed by atoms with Crippen molar-refractivity contribution in [3.63, 3.8) is 0 Å². The van der Waals surface area contributed by atoms with E-state index < -0.39 is 23.8 Å². The minimum absolute atomic E-state index is 0.0652. The van der Waals surface area contributed by atoms with E-state index in [1.807, 2.05) is 13.8 Å². The van der Waals surface area contributed by atoms with Crippen LogP contribution in [0.3, 0.4) is 0 Å². The number of benzene rings is 1. The molecule has 0 radical (unpaired) electrons. The van der Waals surface area contributed by atoms with Crippen molar-refractivity contribution in [2.45, 2.75) is 32.9 Å². The van der Waals surface area contributed by atoms with Crippen LogP contribution in [0.15, 0.2) is 12.1 Å². The summed E-state index contributed by atoms with van der Waals surface area (Å²) in [5.41, 5.74) is 2.76. The molecule has 0 aliphatic heterocycles. The highest BCUT2D eigenvalue weighted by atomic mass is 19.1. The Morgan fingerprint density at radius 3 is 2.33 bits per heavy atom. The van der Waals surface area contributed by atoms with Crippen LogP contribution >= 0.6 is 0 Å². The van der Waals surface area contributed by atoms with Gasteiger partial charge in [-0.3, -0.25) is 11.3 Å². The minimum atomic E-state index is -0.727. The number of hydrogen-bond acceptors (Lipinski definition) is 3. The fourth-order valence-corrected chi connectivity index (χ4v) is 2.10. The Kier molecular flexibility index (Phi) is 5.19. The Bertz CT molecular complexity index is 410. The second-order valence-electron chi connectivity index (χ2n) is 4.68. The molecule has 1 aromatic rings. The summed E-state index contributed by atoms with van der Waals surface area (Å²) in [5, 5.41) is 0. The molecule has 3 N–H and O–H groups in total. The van der Waals surface area contributed by atoms with Crippen molar-refractivity contribution >= 4 is 0 Å². The average Bonchev–Trinajstić information content (AvgIpc) is 2.32. The van der Waals surface area contributed by atoms with Gasteiger partial charge in [0.1, 0.15) is 11.6 Å². The van der Waals surface area contributed by atoms with Crippen molar-refractivity contribution in [3.8, 4) is 0 Å². The summed E-state index contributed by atoms with van der Waals surface area (Å²) in [5.74, 6) is 4.30. The lowest BCUT2D eigenvalue weighted by molar-refractivity contribution is 0.0305. The molecule has 0 aliphatic rings. The van der Waals surface area contributed by atoms with Crippen LogP contribution < -0.4 is 11.3 Å². The molecule has 3 nitrogen and oxygen atoms in total. The molecule has 1 aromatic carbocycles. The fraction of sp³-hybridized carbons (Fsp3) is 0.538. The maximum atomic E-state index is 14.1. The Labute approximate surface area is 106 Å². The van der Waals surface area contributed by atoms with Crippen LogP contribution in [0.2, 0.25) is 0 Å². The van der Waals surface area contributed by atoms with Crippen molar-refractivity contribution in [1.82, 2.24) is 5.43 Å². The standard InChI is InChI=1S/C13H20F2N2O/c1-7(2)13(18-4)12(17-16)10-9(14)6-5-8(3)11(10)15/h5-7,12-13,17H,16H2,1-4H3. The Balaban J connectivity index is 3.28. The van der Waals surface area contributed by atoms with Gasteiger partial charge < -0.3 is 4.74 Å². The molecule has 0 spiro atoms. The smallest absolute Gasteiger partial charge is 0.133 e. The first-order valence-electron chi connectivity index (χ1n) is 5.87. The molecule has 0 fully saturated rings. The highest BCUT2D eigenvalue weighted by molar-refractivity contribution is 5.30. The van der Waals surface area contributed by atoms with E-state index in [1.165, 1.54) is 19.2 Å². The molecule has 0 bridgehead atoms. The van der Waals surface area contributed by atoms with Gasteiger partial charge >= 0.3 is 0 Å². The Morgan fingerprint density at radius 2 is 1.89 bits per heavy atom. The molecule has 0 amide bonds. The van der Waals surface area contributed by atoms with Gasteiger partial charge in [0.2, 0.25) is 0 Å². The van der Waals surface area contributed by atoms with E-state index in [9.17, 15) is 8.78 Å². The van der Waals surface area contributed by atoms with Gasteiger partial charge in [-0.15, -0.1) is 0 Å². The summed E-state index contributed by atoms with van der Waals surface area (Å²) < 4.78 is 33.2. The number of rotatable bonds is 5. The van der Waals surface area contributed by atoms with Gasteiger partial charge in [0.25, 0.3) is 0 Å². The van der Waals surface area contributed by atoms with E-state index in [0.717, 1.165) is 0 Å². The molecular formula is C13H20F2N2O. The van der Waals surface area contributed by atoms with Gasteiger partial charge in [0.15, 0.2) is 0 Å². The number of hydrogen-bond donors (Lipinski definition) is 2. The van der Waals surface area contributed by atoms with E-state index in [0.29, 0.717) is 5.56 Å². The lowest BCUT2D eigenvalue weighted by Crippen LogP contribution is -2.41. The summed E-state index contributed by atoms with van der Waals surface area (Å²) >= 11 is 0. The summed E-state index contributed by atoms with van der Waals surface area (Å²) in [6.07, 6.45) is -0.416. The predicted molar refractivity (Wildman–Crippen MR) is 66.8 cm³/mol. The molecular weight excluding hydrogens is 238 g/mol. The molecule has 18 heavy (non-hydrogen) atoms. The summed E-state index contributed by atoms with van der Waals surface area (Å²) in [4.78, 5) is 0. The second-order valence-corrected chi connectivity index (χ2v) is 4.68. The topological polar surface area (TPSA) is 47.3 Å². The van der Waals surface area contributed by atoms with E-state index >= 15 is 0 Å². The van der Waals surface area contributed by atoms with Gasteiger partial charge in [0.05, 0.1) is 12.1 Å². The number of nitrogens with one attached hydrogen (secondary N) is 1. The molecule has 0 heterocycles. The third kappa shape index (κ3) is 2.85. The molecule has 2 atom stereocenters. The highest BCUT2D eigenvalue weighted by Crippen LogP contribution is 2.29. The van der Waals surface area contributed by atoms with Gasteiger partial charge in [-0.2, -0.15) is 0 Å². The quantitative estimate of drug-likeness (QED) is 0.630. The van der Waals surface area contributed by atoms with E-state index in [-0.39, 0.29) is 11.5 Å². The molecule has 5 heteroatoms. The number of halogens is 2. The van der Waals surface area contributed by atoms with Crippen LogP contribution in [-0.2, 0) is 4.74 Å². The predicted octanol–water partition coefficient (Wildman–Crippen LogP) is 2.45. The normalized spacial score (nSPS) is 14.9. The van der Waals surface area contributed by atoms with Crippen molar-refractivity contribution in [3.05, 3.63) is 34.9 Å². The van der Waals surface area contributed by atoms with Crippen LogP contribution in [0, 0.1) is 24.5 Å². The zero-order valence-electron chi connectivity index (χ0n) is 11.1. The first-order chi connectivity index (χ1) is 8.43. The van der Waals surface area contributed by atoms with E-state index in [4.69, 9.17) is 10.6 Å². The van der Waals surface area contributed by atoms with E-state index in [2.05, 4.69) is 5.43 Å². The summed E-state index contributed by atoms with van der Waals surface area (Å²) in [6, 6.07) is 1.92. The molecule has 2 unspecified atom stereocenters. The zero-order valence-corrected chi connectivity index (χ0v) is 11.1. The van der Waals surface area contributed by atoms with Crippen molar-refractivity contribution in [2.75, 3.05) is 7.11 Å². The lowest BCUT2D eigenvalue weighted by atomic mass is 9.92. The lowest BCUT2D eigenvalue weighted by Gasteiger charge is -2.29. The van der Waals surface area contributed by atoms with Crippen LogP contribution in [0.5, 0.6) is 0 Å². The van der Waals surface area contributed by atoms with Crippen LogP contribution in [-0.4, -0.2) is 13.2 Å². The van der Waals surface area contributed by atoms with Crippen molar-refractivity contribution in [1.29, 1.82) is 0 Å². The third-order valence-corrected chi connectivity index (χ3v) is 3.07. The van der Waals surface area contributed by atoms with Gasteiger partial charge in [0, 0.05) is 12.7 Å². The minimum Gasteiger partial charge on any atom is -0.379 e. The number of ether oxygens (including phenoxy) is 1. The van der Waals surface area contributed by atoms with Crippen LogP contribution in [0.25, 0.3) is 0 Å². The van der Waals surface area contributed by atoms with Gasteiger partial charge in [-0.1, -0.05) is 19.9 Å². The SMILES string of the molecule is COC(C(C)C)C(NN)c1c(F)ccc(C)c1F. The molecule has 102 valence electrons. The Morgan fingerprint density at radius 1 is 1.28 bits per heavy atom. The maximum absolute atomic E-state index is 14.1. The number of hydrazine groups is 1. The molecule has 0 aromatic heterocycles. The van der Waals surface area contributed by atoms with Gasteiger partial charge in [-0.05, 0) is 24.5 Å². The van der Waals surface area contributed by atoms with Gasteiger partial charge in [-0.25, -0.2) is 8.78 Å². The Hall–Kier alpha value is -1.04. The maximum Gasteiger partial charge on any atom is 0.133 e. The first kappa shape index (κ1) is 15.0. The monoisotopic (exact) mass is 258 g/mol. The molecule has 0 aliphatic carbocycles. The van der Waals surface area contributed by atoms with Crippen LogP contribution in [0.1, 0.15) is 31.0 Å². The largest absolute Gasteiger partial charge is 0.379 e. The summed E-state index contributed by atoms with van der Waals surface area (Å²) in [6.45, 7) is 5.40. The highest BCUT2D eigenvalue weighted by Gasteiger charge is 2.30. The molecule has 0 saturated heterocycles. The third-order valence-electron chi connectivity index (χ3n) is 3.07. The number of aryl methyl sites for hydroxylation is 1. The van der Waals surface area contributed by atoms with Crippen molar-refractivity contribution in [2.24, 2.45) is 11.8 Å². The summed E-state index contributed by atoms with van der Waals surface area (Å²) in [7, 11) is 1.50. The number of methoxy groups -OCH3 is 1. The first-order valence-corrected chi connectivity index (χ1v) is 5.87. The number of nitrogens with two attached hydrogens (primary N) is 1.